The summed E-state index contributed by atoms with van der Waals surface area (Å²) in [6.07, 6.45) is 2.57. The highest BCUT2D eigenvalue weighted by molar-refractivity contribution is 14.0. The molecular weight excluding hydrogens is 469 g/mol. The maximum atomic E-state index is 11.8. The van der Waals surface area contributed by atoms with Crippen LogP contribution in [-0.2, 0) is 11.3 Å². The lowest BCUT2D eigenvalue weighted by atomic mass is 10.1. The summed E-state index contributed by atoms with van der Waals surface area (Å²) in [6.45, 7) is 8.33. The quantitative estimate of drug-likeness (QED) is 0.210. The summed E-state index contributed by atoms with van der Waals surface area (Å²) >= 11 is 0. The predicted molar refractivity (Wildman–Crippen MR) is 123 cm³/mol. The fourth-order valence-corrected chi connectivity index (χ4v) is 2.95. The normalized spacial score (nSPS) is 13.9. The van der Waals surface area contributed by atoms with Gasteiger partial charge in [-0.25, -0.2) is 4.99 Å². The molecule has 0 atom stereocenters. The Morgan fingerprint density at radius 3 is 2.43 bits per heavy atom. The average molecular weight is 501 g/mol. The van der Waals surface area contributed by atoms with E-state index < -0.39 is 0 Å². The zero-order chi connectivity index (χ0) is 19.5. The number of carbonyl (C=O) groups excluding carboxylic acids is 2. The first-order valence-corrected chi connectivity index (χ1v) is 9.81. The summed E-state index contributed by atoms with van der Waals surface area (Å²) in [5.41, 5.74) is 1.70. The first-order valence-electron chi connectivity index (χ1n) is 9.81. The molecule has 0 aliphatic carbocycles. The van der Waals surface area contributed by atoms with Gasteiger partial charge in [-0.3, -0.25) is 9.59 Å². The van der Waals surface area contributed by atoms with Crippen LogP contribution in [0.3, 0.4) is 0 Å². The summed E-state index contributed by atoms with van der Waals surface area (Å²) in [6, 6.07) is 7.50. The Morgan fingerprint density at radius 2 is 1.82 bits per heavy atom. The fraction of sp³-hybridized carbons (Fsp3) is 0.550. The third-order valence-corrected chi connectivity index (χ3v) is 4.39. The van der Waals surface area contributed by atoms with Crippen molar-refractivity contribution in [1.82, 2.24) is 20.9 Å². The molecule has 0 aromatic heterocycles. The number of hydrogen-bond acceptors (Lipinski definition) is 3. The summed E-state index contributed by atoms with van der Waals surface area (Å²) < 4.78 is 0. The van der Waals surface area contributed by atoms with E-state index in [9.17, 15) is 9.59 Å². The number of hydrogen-bond donors (Lipinski definition) is 3. The number of aliphatic imine (C=N–C) groups is 1. The molecule has 7 nitrogen and oxygen atoms in total. The van der Waals surface area contributed by atoms with Crippen LogP contribution in [0, 0.1) is 0 Å². The molecule has 2 rings (SSSR count). The number of amides is 2. The third-order valence-electron chi connectivity index (χ3n) is 4.39. The van der Waals surface area contributed by atoms with Gasteiger partial charge in [0, 0.05) is 44.7 Å². The van der Waals surface area contributed by atoms with Gasteiger partial charge in [0.25, 0.3) is 5.91 Å². The highest BCUT2D eigenvalue weighted by Crippen LogP contribution is 2.09. The lowest BCUT2D eigenvalue weighted by molar-refractivity contribution is -0.127. The molecule has 3 N–H and O–H groups in total. The molecule has 0 saturated carbocycles. The van der Waals surface area contributed by atoms with Gasteiger partial charge in [-0.2, -0.15) is 0 Å². The van der Waals surface area contributed by atoms with Crippen LogP contribution >= 0.6 is 24.0 Å². The first kappa shape index (κ1) is 24.2. The van der Waals surface area contributed by atoms with Crippen LogP contribution in [0.2, 0.25) is 0 Å². The zero-order valence-corrected chi connectivity index (χ0v) is 19.1. The van der Waals surface area contributed by atoms with Crippen LogP contribution in [0.1, 0.15) is 49.0 Å². The highest BCUT2D eigenvalue weighted by Gasteiger charge is 2.18. The van der Waals surface area contributed by atoms with Crippen molar-refractivity contribution in [2.24, 2.45) is 4.99 Å². The SMILES string of the molecule is CCNC(=O)c1ccc(CN=C(NCC)NCCCN2CCCC2=O)cc1.I. The molecule has 1 aromatic rings. The van der Waals surface area contributed by atoms with Gasteiger partial charge >= 0.3 is 0 Å². The van der Waals surface area contributed by atoms with Crippen LogP contribution < -0.4 is 16.0 Å². The Hall–Kier alpha value is -1.84. The van der Waals surface area contributed by atoms with Gasteiger partial charge in [0.15, 0.2) is 5.96 Å². The number of guanidine groups is 1. The maximum absolute atomic E-state index is 11.8. The number of rotatable bonds is 9. The molecule has 1 aliphatic heterocycles. The van der Waals surface area contributed by atoms with Gasteiger partial charge in [-0.05, 0) is 44.4 Å². The molecule has 0 unspecified atom stereocenters. The summed E-state index contributed by atoms with van der Waals surface area (Å²) in [5, 5.41) is 9.33. The van der Waals surface area contributed by atoms with Crippen molar-refractivity contribution in [1.29, 1.82) is 0 Å². The van der Waals surface area contributed by atoms with E-state index in [1.165, 1.54) is 0 Å². The second-order valence-electron chi connectivity index (χ2n) is 6.52. The van der Waals surface area contributed by atoms with E-state index in [0.717, 1.165) is 50.5 Å². The number of nitrogens with zero attached hydrogens (tertiary/aromatic N) is 2. The molecule has 1 fully saturated rings. The summed E-state index contributed by atoms with van der Waals surface area (Å²) in [5.74, 6) is 0.976. The Labute approximate surface area is 184 Å². The Kier molecular flexibility index (Phi) is 11.5. The lowest BCUT2D eigenvalue weighted by Crippen LogP contribution is -2.39. The molecular formula is C20H32IN5O2. The van der Waals surface area contributed by atoms with Gasteiger partial charge in [0.2, 0.25) is 5.91 Å². The van der Waals surface area contributed by atoms with Crippen LogP contribution in [-0.4, -0.2) is 55.4 Å². The fourth-order valence-electron chi connectivity index (χ4n) is 2.95. The van der Waals surface area contributed by atoms with Crippen molar-refractivity contribution in [2.45, 2.75) is 39.7 Å². The van der Waals surface area contributed by atoms with Gasteiger partial charge in [0.05, 0.1) is 6.54 Å². The third kappa shape index (κ3) is 8.04. The molecule has 2 amide bonds. The molecule has 1 aliphatic rings. The molecule has 28 heavy (non-hydrogen) atoms. The van der Waals surface area contributed by atoms with Crippen LogP contribution in [0.4, 0.5) is 0 Å². The second kappa shape index (κ2) is 13.4. The van der Waals surface area contributed by atoms with Crippen molar-refractivity contribution >= 4 is 41.8 Å². The Balaban J connectivity index is 0.00000392. The summed E-state index contributed by atoms with van der Waals surface area (Å²) in [4.78, 5) is 29.9. The van der Waals surface area contributed by atoms with Gasteiger partial charge in [-0.15, -0.1) is 24.0 Å². The van der Waals surface area contributed by atoms with Crippen molar-refractivity contribution in [2.75, 3.05) is 32.7 Å². The van der Waals surface area contributed by atoms with E-state index in [4.69, 9.17) is 0 Å². The van der Waals surface area contributed by atoms with E-state index in [0.29, 0.717) is 25.1 Å². The number of nitrogens with one attached hydrogen (secondary N) is 3. The Morgan fingerprint density at radius 1 is 1.11 bits per heavy atom. The number of carbonyl (C=O) groups is 2. The molecule has 1 aromatic carbocycles. The van der Waals surface area contributed by atoms with E-state index in [1.54, 1.807) is 0 Å². The first-order chi connectivity index (χ1) is 13.1. The smallest absolute Gasteiger partial charge is 0.251 e. The maximum Gasteiger partial charge on any atom is 0.251 e. The second-order valence-corrected chi connectivity index (χ2v) is 6.52. The van der Waals surface area contributed by atoms with E-state index in [-0.39, 0.29) is 35.8 Å². The lowest BCUT2D eigenvalue weighted by Gasteiger charge is -2.16. The molecule has 156 valence electrons. The number of likely N-dealkylation sites (tertiary alicyclic amines) is 1. The van der Waals surface area contributed by atoms with Gasteiger partial charge < -0.3 is 20.9 Å². The van der Waals surface area contributed by atoms with Crippen molar-refractivity contribution in [3.63, 3.8) is 0 Å². The standard InChI is InChI=1S/C20H31N5O2.HI/c1-3-21-19(27)17-10-8-16(9-11-17)15-24-20(22-4-2)23-12-6-14-25-13-5-7-18(25)26;/h8-11H,3-7,12-15H2,1-2H3,(H,21,27)(H2,22,23,24);1H. The minimum atomic E-state index is -0.0564. The molecule has 8 heteroatoms. The number of halogens is 1. The van der Waals surface area contributed by atoms with E-state index in [2.05, 4.69) is 20.9 Å². The average Bonchev–Trinajstić information content (AvgIpc) is 3.08. The monoisotopic (exact) mass is 501 g/mol. The van der Waals surface area contributed by atoms with Gasteiger partial charge in [0.1, 0.15) is 0 Å². The molecule has 1 heterocycles. The topological polar surface area (TPSA) is 85.8 Å². The summed E-state index contributed by atoms with van der Waals surface area (Å²) in [7, 11) is 0. The van der Waals surface area contributed by atoms with Crippen molar-refractivity contribution < 1.29 is 9.59 Å². The predicted octanol–water partition coefficient (Wildman–Crippen LogP) is 2.12. The Bertz CT molecular complexity index is 649. The van der Waals surface area contributed by atoms with Crippen LogP contribution in [0.15, 0.2) is 29.3 Å². The molecule has 1 saturated heterocycles. The van der Waals surface area contributed by atoms with E-state index in [1.807, 2.05) is 43.0 Å². The minimum Gasteiger partial charge on any atom is -0.357 e. The number of benzene rings is 1. The van der Waals surface area contributed by atoms with Gasteiger partial charge in [-0.1, -0.05) is 12.1 Å². The largest absolute Gasteiger partial charge is 0.357 e. The van der Waals surface area contributed by atoms with E-state index >= 15 is 0 Å². The zero-order valence-electron chi connectivity index (χ0n) is 16.8. The minimum absolute atomic E-state index is 0. The van der Waals surface area contributed by atoms with Crippen molar-refractivity contribution in [3.8, 4) is 0 Å². The molecule has 0 spiro atoms. The molecule has 0 bridgehead atoms. The van der Waals surface area contributed by atoms with Crippen molar-refractivity contribution in [3.05, 3.63) is 35.4 Å². The van der Waals surface area contributed by atoms with Crippen LogP contribution in [0.25, 0.3) is 0 Å². The molecule has 0 radical (unpaired) electrons. The van der Waals surface area contributed by atoms with Crippen LogP contribution in [0.5, 0.6) is 0 Å². The highest BCUT2D eigenvalue weighted by atomic mass is 127.